The van der Waals surface area contributed by atoms with Crippen molar-refractivity contribution in [3.05, 3.63) is 72.9 Å². The Labute approximate surface area is 395 Å². The molecule has 0 rings (SSSR count). The first-order valence-corrected chi connectivity index (χ1v) is 26.9. The summed E-state index contributed by atoms with van der Waals surface area (Å²) in [5.41, 5.74) is 0. The lowest BCUT2D eigenvalue weighted by atomic mass is 10.0. The highest BCUT2D eigenvalue weighted by Crippen LogP contribution is 2.15. The second kappa shape index (κ2) is 52.5. The number of ether oxygens (including phenoxy) is 3. The monoisotopic (exact) mass is 893 g/mol. The normalized spacial score (nSPS) is 12.6. The molecule has 0 spiro atoms. The van der Waals surface area contributed by atoms with E-state index in [1.165, 1.54) is 141 Å². The summed E-state index contributed by atoms with van der Waals surface area (Å²) in [6.07, 6.45) is 66.2. The summed E-state index contributed by atoms with van der Waals surface area (Å²) in [5.74, 6) is -0.986. The van der Waals surface area contributed by atoms with Gasteiger partial charge in [0.1, 0.15) is 13.2 Å². The molecule has 0 aliphatic carbocycles. The lowest BCUT2D eigenvalue weighted by Gasteiger charge is -2.18. The van der Waals surface area contributed by atoms with Gasteiger partial charge in [0.2, 0.25) is 0 Å². The van der Waals surface area contributed by atoms with Crippen molar-refractivity contribution in [3.8, 4) is 0 Å². The number of carbonyl (C=O) groups is 3. The van der Waals surface area contributed by atoms with Gasteiger partial charge in [0.05, 0.1) is 0 Å². The van der Waals surface area contributed by atoms with E-state index in [4.69, 9.17) is 14.2 Å². The maximum Gasteiger partial charge on any atom is 0.306 e. The van der Waals surface area contributed by atoms with Crippen LogP contribution in [0, 0.1) is 0 Å². The van der Waals surface area contributed by atoms with Crippen LogP contribution < -0.4 is 0 Å². The predicted octanol–water partition coefficient (Wildman–Crippen LogP) is 17.8. The van der Waals surface area contributed by atoms with Crippen LogP contribution in [0.4, 0.5) is 0 Å². The third kappa shape index (κ3) is 49.9. The number of hydrogen-bond donors (Lipinski definition) is 0. The lowest BCUT2D eigenvalue weighted by Crippen LogP contribution is -2.30. The molecule has 0 N–H and O–H groups in total. The molecule has 6 nitrogen and oxygen atoms in total. The van der Waals surface area contributed by atoms with E-state index in [9.17, 15) is 14.4 Å². The average Bonchev–Trinajstić information content (AvgIpc) is 3.29. The summed E-state index contributed by atoms with van der Waals surface area (Å²) in [7, 11) is 0. The second-order valence-corrected chi connectivity index (χ2v) is 17.8. The first-order valence-electron chi connectivity index (χ1n) is 26.9. The van der Waals surface area contributed by atoms with Gasteiger partial charge < -0.3 is 14.2 Å². The smallest absolute Gasteiger partial charge is 0.306 e. The maximum atomic E-state index is 12.7. The minimum atomic E-state index is -0.812. The number of rotatable bonds is 48. The molecular weight excluding hydrogens is 793 g/mol. The van der Waals surface area contributed by atoms with Crippen LogP contribution in [0.15, 0.2) is 72.9 Å². The van der Waals surface area contributed by atoms with Crippen LogP contribution in [0.1, 0.15) is 258 Å². The zero-order chi connectivity index (χ0) is 46.5. The van der Waals surface area contributed by atoms with Gasteiger partial charge in [-0.05, 0) is 77.0 Å². The Morgan fingerprint density at radius 2 is 0.641 bits per heavy atom. The molecule has 368 valence electrons. The van der Waals surface area contributed by atoms with E-state index in [0.717, 1.165) is 70.6 Å². The quantitative estimate of drug-likeness (QED) is 0.0262. The van der Waals surface area contributed by atoms with Gasteiger partial charge in [0, 0.05) is 19.3 Å². The molecular formula is C58H100O6. The van der Waals surface area contributed by atoms with Gasteiger partial charge in [-0.2, -0.15) is 0 Å². The number of esters is 3. The van der Waals surface area contributed by atoms with Crippen LogP contribution in [-0.2, 0) is 28.6 Å². The molecule has 1 unspecified atom stereocenters. The van der Waals surface area contributed by atoms with E-state index in [0.29, 0.717) is 19.3 Å². The molecule has 0 saturated heterocycles. The van der Waals surface area contributed by atoms with Gasteiger partial charge in [-0.3, -0.25) is 14.4 Å². The van der Waals surface area contributed by atoms with Crippen LogP contribution >= 0.6 is 0 Å². The predicted molar refractivity (Wildman–Crippen MR) is 274 cm³/mol. The minimum absolute atomic E-state index is 0.103. The molecule has 0 aromatic rings. The summed E-state index contributed by atoms with van der Waals surface area (Å²) in [6.45, 7) is 6.45. The van der Waals surface area contributed by atoms with Gasteiger partial charge in [-0.1, -0.05) is 235 Å². The lowest BCUT2D eigenvalue weighted by molar-refractivity contribution is -0.166. The molecule has 1 atom stereocenters. The van der Waals surface area contributed by atoms with Gasteiger partial charge in [0.25, 0.3) is 0 Å². The molecule has 0 bridgehead atoms. The Morgan fingerprint density at radius 1 is 0.328 bits per heavy atom. The Bertz CT molecular complexity index is 1210. The summed E-state index contributed by atoms with van der Waals surface area (Å²) >= 11 is 0. The summed E-state index contributed by atoms with van der Waals surface area (Å²) < 4.78 is 16.7. The molecule has 0 radical (unpaired) electrons. The van der Waals surface area contributed by atoms with E-state index >= 15 is 0 Å². The standard InChI is InChI=1S/C58H100O6/c1-4-7-10-13-16-19-22-25-26-27-28-29-30-31-32-34-36-39-42-45-48-51-57(60)63-54-55(53-62-56(59)50-47-44-41-38-35-24-21-18-15-12-9-6-3)64-58(61)52-49-46-43-40-37-33-23-20-17-14-11-8-5-2/h8,11,17,20,22,25,27-28,33,37,43,46,55H,4-7,9-10,12-16,18-19,21,23-24,26,29-32,34-36,38-42,44-45,47-54H2,1-3H3/b11-8-,20-17-,25-22-,28-27-,37-33-,46-43-. The SMILES string of the molecule is CC/C=C\C/C=C\C/C=C\C/C=C\CCC(=O)OC(COC(=O)CCCCCCCCCCC/C=C\C/C=C\CCCCCCC)COC(=O)CCCCCCCCCCCCCC. The van der Waals surface area contributed by atoms with E-state index in [-0.39, 0.29) is 37.5 Å². The highest BCUT2D eigenvalue weighted by atomic mass is 16.6. The van der Waals surface area contributed by atoms with Crippen LogP contribution in [-0.4, -0.2) is 37.2 Å². The number of hydrogen-bond acceptors (Lipinski definition) is 6. The molecule has 6 heteroatoms. The summed E-state index contributed by atoms with van der Waals surface area (Å²) in [6, 6.07) is 0. The van der Waals surface area contributed by atoms with Crippen molar-refractivity contribution < 1.29 is 28.6 Å². The van der Waals surface area contributed by atoms with E-state index in [1.807, 2.05) is 12.2 Å². The first-order chi connectivity index (χ1) is 31.5. The molecule has 0 saturated carbocycles. The highest BCUT2D eigenvalue weighted by molar-refractivity contribution is 5.71. The number of unbranched alkanes of at least 4 members (excludes halogenated alkanes) is 25. The zero-order valence-corrected chi connectivity index (χ0v) is 42.0. The van der Waals surface area contributed by atoms with Crippen molar-refractivity contribution in [1.29, 1.82) is 0 Å². The van der Waals surface area contributed by atoms with Gasteiger partial charge in [-0.15, -0.1) is 0 Å². The molecule has 0 fully saturated rings. The molecule has 64 heavy (non-hydrogen) atoms. The fraction of sp³-hybridized carbons (Fsp3) is 0.741. The van der Waals surface area contributed by atoms with E-state index < -0.39 is 6.10 Å². The van der Waals surface area contributed by atoms with Crippen molar-refractivity contribution >= 4 is 17.9 Å². The Morgan fingerprint density at radius 3 is 1.02 bits per heavy atom. The van der Waals surface area contributed by atoms with Crippen LogP contribution in [0.25, 0.3) is 0 Å². The average molecular weight is 893 g/mol. The Hall–Kier alpha value is -3.15. The van der Waals surface area contributed by atoms with Crippen LogP contribution in [0.5, 0.6) is 0 Å². The van der Waals surface area contributed by atoms with Gasteiger partial charge in [-0.25, -0.2) is 0 Å². The second-order valence-electron chi connectivity index (χ2n) is 17.8. The van der Waals surface area contributed by atoms with Gasteiger partial charge in [0.15, 0.2) is 6.10 Å². The third-order valence-electron chi connectivity index (χ3n) is 11.5. The summed E-state index contributed by atoms with van der Waals surface area (Å²) in [5, 5.41) is 0. The van der Waals surface area contributed by atoms with E-state index in [2.05, 4.69) is 81.5 Å². The third-order valence-corrected chi connectivity index (χ3v) is 11.5. The van der Waals surface area contributed by atoms with Crippen LogP contribution in [0.3, 0.4) is 0 Å². The fourth-order valence-corrected chi connectivity index (χ4v) is 7.43. The molecule has 0 aromatic heterocycles. The van der Waals surface area contributed by atoms with E-state index in [1.54, 1.807) is 0 Å². The van der Waals surface area contributed by atoms with Gasteiger partial charge >= 0.3 is 17.9 Å². The summed E-state index contributed by atoms with van der Waals surface area (Å²) in [4.78, 5) is 37.9. The Balaban J connectivity index is 4.37. The molecule has 0 heterocycles. The molecule has 0 aliphatic heterocycles. The largest absolute Gasteiger partial charge is 0.462 e. The fourth-order valence-electron chi connectivity index (χ4n) is 7.43. The van der Waals surface area contributed by atoms with Crippen molar-refractivity contribution in [3.63, 3.8) is 0 Å². The number of allylic oxidation sites excluding steroid dienone is 12. The van der Waals surface area contributed by atoms with Crippen molar-refractivity contribution in [2.45, 2.75) is 264 Å². The highest BCUT2D eigenvalue weighted by Gasteiger charge is 2.19. The number of carbonyl (C=O) groups excluding carboxylic acids is 3. The molecule has 0 aromatic carbocycles. The maximum absolute atomic E-state index is 12.7. The van der Waals surface area contributed by atoms with Crippen molar-refractivity contribution in [1.82, 2.24) is 0 Å². The van der Waals surface area contributed by atoms with Crippen LogP contribution in [0.2, 0.25) is 0 Å². The molecule has 0 amide bonds. The Kier molecular flexibility index (Phi) is 49.9. The first kappa shape index (κ1) is 60.9. The zero-order valence-electron chi connectivity index (χ0n) is 42.0. The molecule has 0 aliphatic rings. The topological polar surface area (TPSA) is 78.9 Å². The minimum Gasteiger partial charge on any atom is -0.462 e. The van der Waals surface area contributed by atoms with Crippen molar-refractivity contribution in [2.24, 2.45) is 0 Å². The van der Waals surface area contributed by atoms with Crippen molar-refractivity contribution in [2.75, 3.05) is 13.2 Å².